The van der Waals surface area contributed by atoms with Gasteiger partial charge in [-0.05, 0) is 31.9 Å². The number of aryl methyl sites for hydroxylation is 1. The highest BCUT2D eigenvalue weighted by molar-refractivity contribution is 7.11. The normalized spacial score (nSPS) is 15.3. The first-order valence-corrected chi connectivity index (χ1v) is 7.42. The molecule has 0 saturated carbocycles. The Bertz CT molecular complexity index is 510. The van der Waals surface area contributed by atoms with Gasteiger partial charge in [0, 0.05) is 35.8 Å². The Balaban J connectivity index is 1.70. The molecular formula is C15H19N2S+. The molecule has 2 aromatic heterocycles. The van der Waals surface area contributed by atoms with Gasteiger partial charge in [-0.3, -0.25) is 0 Å². The molecule has 2 aromatic rings. The second kappa shape index (κ2) is 5.11. The molecule has 0 bridgehead atoms. The number of rotatable bonds is 3. The summed E-state index contributed by atoms with van der Waals surface area (Å²) in [5.41, 5.74) is 1.37. The quantitative estimate of drug-likeness (QED) is 0.769. The molecule has 0 amide bonds. The fourth-order valence-electron chi connectivity index (χ4n) is 2.49. The van der Waals surface area contributed by atoms with E-state index in [0.717, 1.165) is 6.54 Å². The van der Waals surface area contributed by atoms with E-state index in [4.69, 9.17) is 0 Å². The van der Waals surface area contributed by atoms with Gasteiger partial charge in [0.05, 0.1) is 4.88 Å². The standard InChI is InChI=1S/C15H19N2S/c1-13-4-5-15(18-13)12-16-10-6-14(7-11-16)17-8-2-3-9-17/h4-7,10-11H,2-3,8-9,12H2,1H3/q+1. The Morgan fingerprint density at radius 3 is 2.44 bits per heavy atom. The van der Waals surface area contributed by atoms with Crippen molar-refractivity contribution in [3.05, 3.63) is 46.4 Å². The zero-order valence-electron chi connectivity index (χ0n) is 10.8. The van der Waals surface area contributed by atoms with Crippen molar-refractivity contribution in [3.63, 3.8) is 0 Å². The summed E-state index contributed by atoms with van der Waals surface area (Å²) in [5.74, 6) is 0. The Labute approximate surface area is 113 Å². The van der Waals surface area contributed by atoms with Crippen LogP contribution in [0.25, 0.3) is 0 Å². The van der Waals surface area contributed by atoms with Crippen LogP contribution in [-0.2, 0) is 6.54 Å². The zero-order chi connectivity index (χ0) is 12.4. The summed E-state index contributed by atoms with van der Waals surface area (Å²) in [6.07, 6.45) is 7.07. The van der Waals surface area contributed by atoms with E-state index in [9.17, 15) is 0 Å². The largest absolute Gasteiger partial charge is 0.371 e. The van der Waals surface area contributed by atoms with Crippen molar-refractivity contribution in [1.29, 1.82) is 0 Å². The van der Waals surface area contributed by atoms with Gasteiger partial charge in [0.25, 0.3) is 0 Å². The lowest BCUT2D eigenvalue weighted by Gasteiger charge is -2.16. The van der Waals surface area contributed by atoms with E-state index in [-0.39, 0.29) is 0 Å². The van der Waals surface area contributed by atoms with E-state index < -0.39 is 0 Å². The van der Waals surface area contributed by atoms with Crippen LogP contribution in [0.5, 0.6) is 0 Å². The van der Waals surface area contributed by atoms with Crippen molar-refractivity contribution >= 4 is 17.0 Å². The SMILES string of the molecule is Cc1ccc(C[n+]2ccc(N3CCCC3)cc2)s1. The Kier molecular flexibility index (Phi) is 3.33. The van der Waals surface area contributed by atoms with Crippen molar-refractivity contribution < 1.29 is 4.57 Å². The van der Waals surface area contributed by atoms with E-state index in [2.05, 4.69) is 53.0 Å². The first kappa shape index (κ1) is 11.7. The van der Waals surface area contributed by atoms with E-state index in [1.54, 1.807) is 0 Å². The number of hydrogen-bond donors (Lipinski definition) is 0. The number of thiophene rings is 1. The van der Waals surface area contributed by atoms with Gasteiger partial charge in [-0.25, -0.2) is 0 Å². The van der Waals surface area contributed by atoms with Gasteiger partial charge < -0.3 is 4.90 Å². The average Bonchev–Trinajstić information content (AvgIpc) is 3.02. The lowest BCUT2D eigenvalue weighted by Crippen LogP contribution is -2.33. The predicted molar refractivity (Wildman–Crippen MR) is 76.2 cm³/mol. The first-order valence-electron chi connectivity index (χ1n) is 6.61. The summed E-state index contributed by atoms with van der Waals surface area (Å²) in [6, 6.07) is 8.90. The molecule has 1 aliphatic rings. The second-order valence-corrected chi connectivity index (χ2v) is 6.31. The monoisotopic (exact) mass is 259 g/mol. The highest BCUT2D eigenvalue weighted by Crippen LogP contribution is 2.18. The lowest BCUT2D eigenvalue weighted by atomic mass is 10.3. The van der Waals surface area contributed by atoms with Crippen molar-refractivity contribution in [2.24, 2.45) is 0 Å². The van der Waals surface area contributed by atoms with Crippen LogP contribution in [0.15, 0.2) is 36.7 Å². The average molecular weight is 259 g/mol. The summed E-state index contributed by atoms with van der Waals surface area (Å²) in [4.78, 5) is 5.28. The maximum Gasteiger partial charge on any atom is 0.182 e. The molecule has 18 heavy (non-hydrogen) atoms. The van der Waals surface area contributed by atoms with Crippen molar-refractivity contribution in [2.45, 2.75) is 26.3 Å². The van der Waals surface area contributed by atoms with Gasteiger partial charge in [0.1, 0.15) is 0 Å². The minimum absolute atomic E-state index is 0.985. The van der Waals surface area contributed by atoms with E-state index >= 15 is 0 Å². The lowest BCUT2D eigenvalue weighted by molar-refractivity contribution is -0.687. The summed E-state index contributed by atoms with van der Waals surface area (Å²) in [6.45, 7) is 5.58. The number of hydrogen-bond acceptors (Lipinski definition) is 2. The van der Waals surface area contributed by atoms with Crippen LogP contribution >= 0.6 is 11.3 Å². The molecule has 0 spiro atoms. The topological polar surface area (TPSA) is 7.12 Å². The predicted octanol–water partition coefficient (Wildman–Crippen LogP) is 2.99. The van der Waals surface area contributed by atoms with Gasteiger partial charge in [0.2, 0.25) is 0 Å². The highest BCUT2D eigenvalue weighted by Gasteiger charge is 2.13. The van der Waals surface area contributed by atoms with Crippen molar-refractivity contribution in [2.75, 3.05) is 18.0 Å². The number of nitrogens with zero attached hydrogens (tertiary/aromatic N) is 2. The molecule has 0 aromatic carbocycles. The Morgan fingerprint density at radius 2 is 1.83 bits per heavy atom. The molecule has 1 saturated heterocycles. The van der Waals surface area contributed by atoms with E-state index in [1.165, 1.54) is 41.4 Å². The third-order valence-corrected chi connectivity index (χ3v) is 4.46. The fourth-order valence-corrected chi connectivity index (χ4v) is 3.39. The minimum Gasteiger partial charge on any atom is -0.371 e. The number of pyridine rings is 1. The van der Waals surface area contributed by atoms with Crippen LogP contribution in [0.2, 0.25) is 0 Å². The van der Waals surface area contributed by atoms with Gasteiger partial charge in [-0.1, -0.05) is 0 Å². The molecule has 3 rings (SSSR count). The molecule has 3 heteroatoms. The molecule has 0 aliphatic carbocycles. The van der Waals surface area contributed by atoms with Gasteiger partial charge in [0.15, 0.2) is 18.9 Å². The fraction of sp³-hybridized carbons (Fsp3) is 0.400. The third kappa shape index (κ3) is 2.56. The number of anilines is 1. The number of aromatic nitrogens is 1. The summed E-state index contributed by atoms with van der Waals surface area (Å²) >= 11 is 1.88. The Hall–Kier alpha value is -1.35. The highest BCUT2D eigenvalue weighted by atomic mass is 32.1. The molecule has 1 aliphatic heterocycles. The van der Waals surface area contributed by atoms with Crippen molar-refractivity contribution in [3.8, 4) is 0 Å². The van der Waals surface area contributed by atoms with Crippen LogP contribution in [0.3, 0.4) is 0 Å². The maximum atomic E-state index is 2.47. The summed E-state index contributed by atoms with van der Waals surface area (Å²) < 4.78 is 2.25. The van der Waals surface area contributed by atoms with Crippen LogP contribution in [0.4, 0.5) is 5.69 Å². The maximum absolute atomic E-state index is 2.47. The molecule has 0 atom stereocenters. The van der Waals surface area contributed by atoms with Crippen LogP contribution < -0.4 is 9.47 Å². The summed E-state index contributed by atoms with van der Waals surface area (Å²) in [5, 5.41) is 0. The zero-order valence-corrected chi connectivity index (χ0v) is 11.6. The molecule has 0 unspecified atom stereocenters. The molecule has 94 valence electrons. The van der Waals surface area contributed by atoms with Gasteiger partial charge in [-0.15, -0.1) is 11.3 Å². The first-order chi connectivity index (χ1) is 8.81. The van der Waals surface area contributed by atoms with Crippen LogP contribution in [-0.4, -0.2) is 13.1 Å². The molecular weight excluding hydrogens is 240 g/mol. The molecule has 2 nitrogen and oxygen atoms in total. The third-order valence-electron chi connectivity index (χ3n) is 3.48. The molecule has 3 heterocycles. The van der Waals surface area contributed by atoms with E-state index in [1.807, 2.05) is 11.3 Å². The van der Waals surface area contributed by atoms with Gasteiger partial charge in [-0.2, -0.15) is 4.57 Å². The smallest absolute Gasteiger partial charge is 0.182 e. The van der Waals surface area contributed by atoms with E-state index in [0.29, 0.717) is 0 Å². The van der Waals surface area contributed by atoms with Crippen LogP contribution in [0.1, 0.15) is 22.6 Å². The molecule has 0 N–H and O–H groups in total. The van der Waals surface area contributed by atoms with Crippen molar-refractivity contribution in [1.82, 2.24) is 0 Å². The molecule has 0 radical (unpaired) electrons. The van der Waals surface area contributed by atoms with Crippen LogP contribution in [0, 0.1) is 6.92 Å². The second-order valence-electron chi connectivity index (χ2n) is 4.94. The summed E-state index contributed by atoms with van der Waals surface area (Å²) in [7, 11) is 0. The minimum atomic E-state index is 0.985. The van der Waals surface area contributed by atoms with Gasteiger partial charge >= 0.3 is 0 Å². The Morgan fingerprint density at radius 1 is 1.11 bits per heavy atom. The molecule has 1 fully saturated rings.